The summed E-state index contributed by atoms with van der Waals surface area (Å²) in [7, 11) is 0. The molecule has 0 bridgehead atoms. The van der Waals surface area contributed by atoms with Crippen molar-refractivity contribution in [2.24, 2.45) is 10.7 Å². The molecule has 0 unspecified atom stereocenters. The average molecular weight is 530 g/mol. The van der Waals surface area contributed by atoms with Gasteiger partial charge in [0.25, 0.3) is 0 Å². The fourth-order valence-corrected chi connectivity index (χ4v) is 3.61. The van der Waals surface area contributed by atoms with Crippen molar-refractivity contribution in [1.29, 1.82) is 0 Å². The van der Waals surface area contributed by atoms with Gasteiger partial charge in [0.15, 0.2) is 5.96 Å². The summed E-state index contributed by atoms with van der Waals surface area (Å²) in [4.78, 5) is 27.7. The topological polar surface area (TPSA) is 87.3 Å². The van der Waals surface area contributed by atoms with Crippen LogP contribution in [0.3, 0.4) is 0 Å². The van der Waals surface area contributed by atoms with E-state index in [1.165, 1.54) is 12.8 Å². The molecule has 0 saturated carbocycles. The number of piperazine rings is 1. The molecule has 2 aliphatic rings. The number of aliphatic imine (C=N–C) groups is 1. The second-order valence-corrected chi connectivity index (χ2v) is 8.76. The van der Waals surface area contributed by atoms with Gasteiger partial charge in [-0.3, -0.25) is 0 Å². The number of amides is 1. The lowest BCUT2D eigenvalue weighted by molar-refractivity contribution is 0.0186. The van der Waals surface area contributed by atoms with Gasteiger partial charge in [-0.2, -0.15) is 0 Å². The Bertz CT molecular complexity index is 750. The Labute approximate surface area is 196 Å². The molecule has 0 spiro atoms. The van der Waals surface area contributed by atoms with Crippen molar-refractivity contribution in [1.82, 2.24) is 14.8 Å². The molecule has 30 heavy (non-hydrogen) atoms. The smallest absolute Gasteiger partial charge is 0.410 e. The third-order valence-corrected chi connectivity index (χ3v) is 5.17. The van der Waals surface area contributed by atoms with Crippen LogP contribution in [0.5, 0.6) is 0 Å². The van der Waals surface area contributed by atoms with Crippen molar-refractivity contribution in [3.05, 3.63) is 23.4 Å². The number of pyridine rings is 1. The molecule has 1 amide bonds. The molecule has 1 aromatic rings. The Morgan fingerprint density at radius 1 is 1.10 bits per heavy atom. The summed E-state index contributed by atoms with van der Waals surface area (Å²) in [6.07, 6.45) is 2.15. The van der Waals surface area contributed by atoms with E-state index in [-0.39, 0.29) is 30.1 Å². The number of nitrogens with zero attached hydrogens (tertiary/aromatic N) is 5. The van der Waals surface area contributed by atoms with Gasteiger partial charge in [0, 0.05) is 50.5 Å². The lowest BCUT2D eigenvalue weighted by atomic mass is 10.2. The van der Waals surface area contributed by atoms with E-state index in [4.69, 9.17) is 15.5 Å². The van der Waals surface area contributed by atoms with Gasteiger partial charge < -0.3 is 25.2 Å². The molecule has 3 heterocycles. The fourth-order valence-electron chi connectivity index (χ4n) is 3.61. The predicted octanol–water partition coefficient (Wildman–Crippen LogP) is 2.98. The number of rotatable bonds is 3. The monoisotopic (exact) mass is 530 g/mol. The van der Waals surface area contributed by atoms with Crippen molar-refractivity contribution in [3.63, 3.8) is 0 Å². The van der Waals surface area contributed by atoms with Gasteiger partial charge in [0.05, 0.1) is 6.54 Å². The molecule has 2 fully saturated rings. The van der Waals surface area contributed by atoms with Crippen LogP contribution >= 0.6 is 24.0 Å². The highest BCUT2D eigenvalue weighted by Gasteiger charge is 2.26. The molecule has 9 heteroatoms. The zero-order valence-corrected chi connectivity index (χ0v) is 20.9. The first kappa shape index (κ1) is 24.5. The number of ether oxygens (including phenoxy) is 1. The molecule has 0 radical (unpaired) electrons. The maximum Gasteiger partial charge on any atom is 0.410 e. The summed E-state index contributed by atoms with van der Waals surface area (Å²) in [5.41, 5.74) is 7.90. The van der Waals surface area contributed by atoms with E-state index in [0.29, 0.717) is 38.7 Å². The van der Waals surface area contributed by atoms with Crippen molar-refractivity contribution < 1.29 is 9.53 Å². The minimum atomic E-state index is -0.482. The first-order valence-electron chi connectivity index (χ1n) is 10.5. The lowest BCUT2D eigenvalue weighted by Crippen LogP contribution is -2.53. The van der Waals surface area contributed by atoms with Gasteiger partial charge in [-0.15, -0.1) is 24.0 Å². The van der Waals surface area contributed by atoms with Crippen LogP contribution in [0, 0.1) is 6.92 Å². The molecule has 1 aromatic heterocycles. The molecule has 0 atom stereocenters. The van der Waals surface area contributed by atoms with E-state index in [9.17, 15) is 4.79 Å². The van der Waals surface area contributed by atoms with Gasteiger partial charge in [0.1, 0.15) is 11.4 Å². The Morgan fingerprint density at radius 2 is 1.70 bits per heavy atom. The molecule has 3 rings (SSSR count). The molecule has 2 aliphatic heterocycles. The van der Waals surface area contributed by atoms with Gasteiger partial charge in [0.2, 0.25) is 0 Å². The summed E-state index contributed by atoms with van der Waals surface area (Å²) < 4.78 is 5.45. The Morgan fingerprint density at radius 3 is 2.30 bits per heavy atom. The highest BCUT2D eigenvalue weighted by Crippen LogP contribution is 2.23. The number of guanidine groups is 1. The number of carbonyl (C=O) groups excluding carboxylic acids is 1. The second-order valence-electron chi connectivity index (χ2n) is 8.76. The van der Waals surface area contributed by atoms with E-state index >= 15 is 0 Å². The third-order valence-electron chi connectivity index (χ3n) is 5.17. The van der Waals surface area contributed by atoms with Crippen LogP contribution in [-0.2, 0) is 11.3 Å². The number of aromatic nitrogens is 1. The van der Waals surface area contributed by atoms with E-state index in [1.807, 2.05) is 38.7 Å². The largest absolute Gasteiger partial charge is 0.444 e. The molecule has 2 N–H and O–H groups in total. The zero-order valence-electron chi connectivity index (χ0n) is 18.6. The molecule has 8 nitrogen and oxygen atoms in total. The minimum absolute atomic E-state index is 0. The van der Waals surface area contributed by atoms with Crippen LogP contribution in [0.2, 0.25) is 0 Å². The van der Waals surface area contributed by atoms with Gasteiger partial charge in [-0.05, 0) is 46.6 Å². The normalized spacial score (nSPS) is 17.7. The fraction of sp³-hybridized carbons (Fsp3) is 0.667. The summed E-state index contributed by atoms with van der Waals surface area (Å²) >= 11 is 0. The molecule has 168 valence electrons. The highest BCUT2D eigenvalue weighted by molar-refractivity contribution is 14.0. The SMILES string of the molecule is Cc1ccc(CN=C(N)N2CCN(C(=O)OC(C)(C)C)CC2)c(N2CCCC2)n1.I. The quantitative estimate of drug-likeness (QED) is 0.368. The van der Waals surface area contributed by atoms with Gasteiger partial charge in [-0.1, -0.05) is 6.07 Å². The number of carbonyl (C=O) groups is 1. The van der Waals surface area contributed by atoms with Crippen LogP contribution < -0.4 is 10.6 Å². The summed E-state index contributed by atoms with van der Waals surface area (Å²) in [5, 5.41) is 0. The van der Waals surface area contributed by atoms with Crippen LogP contribution in [0.25, 0.3) is 0 Å². The van der Waals surface area contributed by atoms with E-state index < -0.39 is 5.60 Å². The predicted molar refractivity (Wildman–Crippen MR) is 131 cm³/mol. The van der Waals surface area contributed by atoms with Gasteiger partial charge >= 0.3 is 6.09 Å². The molecule has 0 aromatic carbocycles. The number of aryl methyl sites for hydroxylation is 1. The average Bonchev–Trinajstić information content (AvgIpc) is 3.20. The Kier molecular flexibility index (Phi) is 8.57. The number of halogens is 1. The van der Waals surface area contributed by atoms with E-state index in [2.05, 4.69) is 16.0 Å². The third kappa shape index (κ3) is 6.61. The molecular weight excluding hydrogens is 495 g/mol. The zero-order chi connectivity index (χ0) is 21.0. The maximum absolute atomic E-state index is 12.2. The molecule has 2 saturated heterocycles. The Balaban J connectivity index is 0.00000320. The summed E-state index contributed by atoms with van der Waals surface area (Å²) in [5.74, 6) is 1.55. The summed E-state index contributed by atoms with van der Waals surface area (Å²) in [6, 6.07) is 4.13. The standard InChI is InChI=1S/C21H34N6O2.HI/c1-16-7-8-17(18(24-16)25-9-5-6-10-25)15-23-19(22)26-11-13-27(14-12-26)20(28)29-21(2,3)4;/h7-8H,5-6,9-15H2,1-4H3,(H2,22,23);1H. The summed E-state index contributed by atoms with van der Waals surface area (Å²) in [6.45, 7) is 12.7. The van der Waals surface area contributed by atoms with Crippen molar-refractivity contribution in [2.45, 2.75) is 52.7 Å². The highest BCUT2D eigenvalue weighted by atomic mass is 127. The minimum Gasteiger partial charge on any atom is -0.444 e. The van der Waals surface area contributed by atoms with E-state index in [1.54, 1.807) is 4.90 Å². The van der Waals surface area contributed by atoms with Crippen molar-refractivity contribution in [2.75, 3.05) is 44.2 Å². The van der Waals surface area contributed by atoms with Gasteiger partial charge in [-0.25, -0.2) is 14.8 Å². The first-order chi connectivity index (χ1) is 13.7. The van der Waals surface area contributed by atoms with E-state index in [0.717, 1.165) is 30.2 Å². The molecule has 0 aliphatic carbocycles. The molecular formula is C21H35IN6O2. The van der Waals surface area contributed by atoms with Crippen molar-refractivity contribution >= 4 is 41.8 Å². The number of anilines is 1. The Hall–Kier alpha value is -1.78. The number of hydrogen-bond acceptors (Lipinski definition) is 5. The van der Waals surface area contributed by atoms with Crippen molar-refractivity contribution in [3.8, 4) is 0 Å². The van der Waals surface area contributed by atoms with Crippen LogP contribution in [0.1, 0.15) is 44.9 Å². The maximum atomic E-state index is 12.2. The number of hydrogen-bond donors (Lipinski definition) is 1. The van der Waals surface area contributed by atoms with Crippen LogP contribution in [-0.4, -0.2) is 71.7 Å². The second kappa shape index (κ2) is 10.5. The lowest BCUT2D eigenvalue weighted by Gasteiger charge is -2.36. The number of nitrogens with two attached hydrogens (primary N) is 1. The van der Waals surface area contributed by atoms with Crippen LogP contribution in [0.15, 0.2) is 17.1 Å². The van der Waals surface area contributed by atoms with Crippen LogP contribution in [0.4, 0.5) is 10.6 Å². The first-order valence-corrected chi connectivity index (χ1v) is 10.5.